The third-order valence-electron chi connectivity index (χ3n) is 5.00. The van der Waals surface area contributed by atoms with E-state index in [1.54, 1.807) is 7.11 Å². The number of halogens is 2. The van der Waals surface area contributed by atoms with E-state index in [0.29, 0.717) is 12.6 Å². The molecule has 0 aromatic heterocycles. The zero-order chi connectivity index (χ0) is 18.4. The fourth-order valence-electron chi connectivity index (χ4n) is 3.63. The molecule has 0 spiro atoms. The predicted molar refractivity (Wildman–Crippen MR) is 123 cm³/mol. The zero-order valence-electron chi connectivity index (χ0n) is 16.1. The van der Waals surface area contributed by atoms with Crippen LogP contribution in [0.1, 0.15) is 18.9 Å². The highest BCUT2D eigenvalue weighted by Crippen LogP contribution is 2.24. The van der Waals surface area contributed by atoms with Crippen molar-refractivity contribution in [1.29, 1.82) is 0 Å². The van der Waals surface area contributed by atoms with Gasteiger partial charge in [0.25, 0.3) is 0 Å². The van der Waals surface area contributed by atoms with E-state index in [9.17, 15) is 0 Å². The lowest BCUT2D eigenvalue weighted by Gasteiger charge is -2.32. The number of likely N-dealkylation sites (tertiary alicyclic amines) is 1. The second-order valence-electron chi connectivity index (χ2n) is 6.66. The van der Waals surface area contributed by atoms with Gasteiger partial charge in [0.2, 0.25) is 0 Å². The molecule has 27 heavy (non-hydrogen) atoms. The van der Waals surface area contributed by atoms with E-state index in [-0.39, 0.29) is 24.0 Å². The number of benzene rings is 1. The van der Waals surface area contributed by atoms with Gasteiger partial charge in [0.1, 0.15) is 5.75 Å². The van der Waals surface area contributed by atoms with Gasteiger partial charge in [-0.05, 0) is 31.5 Å². The summed E-state index contributed by atoms with van der Waals surface area (Å²) in [6.45, 7) is 9.45. The van der Waals surface area contributed by atoms with Gasteiger partial charge in [-0.25, -0.2) is 4.99 Å². The Morgan fingerprint density at radius 1 is 1.33 bits per heavy atom. The normalized spacial score (nSPS) is 21.1. The maximum atomic E-state index is 5.48. The largest absolute Gasteiger partial charge is 0.496 e. The Labute approximate surface area is 187 Å². The number of morpholine rings is 1. The van der Waals surface area contributed by atoms with E-state index in [4.69, 9.17) is 14.5 Å². The van der Waals surface area contributed by atoms with Crippen molar-refractivity contribution in [3.63, 3.8) is 0 Å². The van der Waals surface area contributed by atoms with Crippen LogP contribution in [0.25, 0.3) is 0 Å². The van der Waals surface area contributed by atoms with E-state index in [0.717, 1.165) is 67.7 Å². The highest BCUT2D eigenvalue weighted by molar-refractivity contribution is 14.0. The van der Waals surface area contributed by atoms with Crippen molar-refractivity contribution in [1.82, 2.24) is 15.1 Å². The average Bonchev–Trinajstić information content (AvgIpc) is 3.16. The number of ether oxygens (including phenoxy) is 2. The van der Waals surface area contributed by atoms with Crippen LogP contribution in [0.2, 0.25) is 0 Å². The molecular formula is C19H30BrIN4O2. The molecule has 1 aromatic rings. The summed E-state index contributed by atoms with van der Waals surface area (Å²) >= 11 is 3.54. The minimum absolute atomic E-state index is 0. The second-order valence-corrected chi connectivity index (χ2v) is 7.58. The lowest BCUT2D eigenvalue weighted by Crippen LogP contribution is -2.46. The fraction of sp³-hybridized carbons (Fsp3) is 0.632. The number of guanidine groups is 1. The van der Waals surface area contributed by atoms with Gasteiger partial charge in [0.15, 0.2) is 5.96 Å². The molecule has 0 saturated carbocycles. The quantitative estimate of drug-likeness (QED) is 0.346. The fourth-order valence-corrected chi connectivity index (χ4v) is 4.04. The van der Waals surface area contributed by atoms with Gasteiger partial charge in [-0.2, -0.15) is 0 Å². The molecule has 2 saturated heterocycles. The first kappa shape index (κ1) is 22.7. The number of hydrogen-bond acceptors (Lipinski definition) is 4. The molecule has 2 aliphatic heterocycles. The molecule has 152 valence electrons. The Balaban J connectivity index is 0.00000261. The maximum absolute atomic E-state index is 5.48. The minimum atomic E-state index is 0. The van der Waals surface area contributed by atoms with Crippen molar-refractivity contribution >= 4 is 45.9 Å². The summed E-state index contributed by atoms with van der Waals surface area (Å²) in [5, 5.41) is 3.45. The minimum Gasteiger partial charge on any atom is -0.496 e. The van der Waals surface area contributed by atoms with Crippen LogP contribution < -0.4 is 10.1 Å². The first-order valence-electron chi connectivity index (χ1n) is 9.38. The van der Waals surface area contributed by atoms with Gasteiger partial charge < -0.3 is 19.7 Å². The Hall–Kier alpha value is -0.580. The number of rotatable bonds is 5. The lowest BCUT2D eigenvalue weighted by molar-refractivity contribution is 0.0195. The Kier molecular flexibility index (Phi) is 9.61. The number of nitrogens with zero attached hydrogens (tertiary/aromatic N) is 3. The Bertz CT molecular complexity index is 626. The third-order valence-corrected chi connectivity index (χ3v) is 5.49. The van der Waals surface area contributed by atoms with Gasteiger partial charge in [-0.3, -0.25) is 4.90 Å². The van der Waals surface area contributed by atoms with Crippen LogP contribution in [0.15, 0.2) is 27.7 Å². The molecule has 1 atom stereocenters. The zero-order valence-corrected chi connectivity index (χ0v) is 20.0. The Morgan fingerprint density at radius 3 is 2.81 bits per heavy atom. The van der Waals surface area contributed by atoms with Crippen molar-refractivity contribution < 1.29 is 9.47 Å². The van der Waals surface area contributed by atoms with E-state index in [1.807, 2.05) is 12.1 Å². The molecule has 2 aliphatic rings. The number of methoxy groups -OCH3 is 1. The molecule has 0 bridgehead atoms. The van der Waals surface area contributed by atoms with Crippen molar-refractivity contribution in [3.05, 3.63) is 28.2 Å². The molecule has 6 nitrogen and oxygen atoms in total. The molecule has 1 unspecified atom stereocenters. The average molecular weight is 553 g/mol. The van der Waals surface area contributed by atoms with E-state index >= 15 is 0 Å². The summed E-state index contributed by atoms with van der Waals surface area (Å²) in [6.07, 6.45) is 1.19. The summed E-state index contributed by atoms with van der Waals surface area (Å²) in [5.74, 6) is 1.87. The molecule has 2 fully saturated rings. The van der Waals surface area contributed by atoms with Gasteiger partial charge in [0, 0.05) is 48.8 Å². The topological polar surface area (TPSA) is 49.3 Å². The predicted octanol–water partition coefficient (Wildman–Crippen LogP) is 2.95. The molecule has 3 rings (SSSR count). The highest BCUT2D eigenvalue weighted by atomic mass is 127. The summed E-state index contributed by atoms with van der Waals surface area (Å²) in [5.41, 5.74) is 1.08. The van der Waals surface area contributed by atoms with Gasteiger partial charge >= 0.3 is 0 Å². The van der Waals surface area contributed by atoms with E-state index in [2.05, 4.69) is 44.0 Å². The number of nitrogens with one attached hydrogen (secondary N) is 1. The summed E-state index contributed by atoms with van der Waals surface area (Å²) in [6, 6.07) is 6.65. The van der Waals surface area contributed by atoms with Gasteiger partial charge in [-0.15, -0.1) is 24.0 Å². The summed E-state index contributed by atoms with van der Waals surface area (Å²) in [7, 11) is 1.70. The van der Waals surface area contributed by atoms with Crippen molar-refractivity contribution in [3.8, 4) is 5.75 Å². The molecule has 1 aromatic carbocycles. The van der Waals surface area contributed by atoms with Crippen molar-refractivity contribution in [2.45, 2.75) is 25.9 Å². The first-order valence-corrected chi connectivity index (χ1v) is 10.2. The first-order chi connectivity index (χ1) is 12.7. The smallest absolute Gasteiger partial charge is 0.194 e. The molecular weight excluding hydrogens is 523 g/mol. The Morgan fingerprint density at radius 2 is 2.11 bits per heavy atom. The molecule has 8 heteroatoms. The van der Waals surface area contributed by atoms with Gasteiger partial charge in [0.05, 0.1) is 26.9 Å². The summed E-state index contributed by atoms with van der Waals surface area (Å²) < 4.78 is 12.0. The van der Waals surface area contributed by atoms with Gasteiger partial charge in [-0.1, -0.05) is 15.9 Å². The van der Waals surface area contributed by atoms with E-state index in [1.165, 1.54) is 6.42 Å². The second kappa shape index (κ2) is 11.4. The van der Waals surface area contributed by atoms with Crippen LogP contribution in [-0.4, -0.2) is 74.8 Å². The third kappa shape index (κ3) is 6.20. The standard InChI is InChI=1S/C19H29BrN4O2.HI/c1-3-21-19(22-13-15-12-16(20)4-5-18(15)25-2)24-7-6-17(14-24)23-8-10-26-11-9-23;/h4-5,12,17H,3,6-11,13-14H2,1-2H3,(H,21,22);1H. The monoisotopic (exact) mass is 552 g/mol. The SMILES string of the molecule is CCNC(=NCc1cc(Br)ccc1OC)N1CCC(N2CCOCC2)C1.I. The molecule has 1 N–H and O–H groups in total. The molecule has 0 radical (unpaired) electrons. The number of hydrogen-bond donors (Lipinski definition) is 1. The van der Waals surface area contributed by atoms with Crippen LogP contribution in [0.5, 0.6) is 5.75 Å². The van der Waals surface area contributed by atoms with Crippen molar-refractivity contribution in [2.24, 2.45) is 4.99 Å². The molecule has 2 heterocycles. The van der Waals surface area contributed by atoms with Crippen LogP contribution in [0.3, 0.4) is 0 Å². The molecule has 0 aliphatic carbocycles. The number of aliphatic imine (C=N–C) groups is 1. The van der Waals surface area contributed by atoms with Crippen LogP contribution in [0.4, 0.5) is 0 Å². The van der Waals surface area contributed by atoms with Crippen LogP contribution >= 0.6 is 39.9 Å². The molecule has 0 amide bonds. The highest BCUT2D eigenvalue weighted by Gasteiger charge is 2.30. The van der Waals surface area contributed by atoms with Crippen LogP contribution in [0, 0.1) is 0 Å². The van der Waals surface area contributed by atoms with Crippen molar-refractivity contribution in [2.75, 3.05) is 53.0 Å². The van der Waals surface area contributed by atoms with Crippen LogP contribution in [-0.2, 0) is 11.3 Å². The van der Waals surface area contributed by atoms with E-state index < -0.39 is 0 Å². The summed E-state index contributed by atoms with van der Waals surface area (Å²) in [4.78, 5) is 9.83. The lowest BCUT2D eigenvalue weighted by atomic mass is 10.2. The maximum Gasteiger partial charge on any atom is 0.194 e.